The van der Waals surface area contributed by atoms with Crippen LogP contribution >= 0.6 is 11.6 Å². The van der Waals surface area contributed by atoms with Gasteiger partial charge in [0, 0.05) is 53.6 Å². The van der Waals surface area contributed by atoms with Gasteiger partial charge in [-0.25, -0.2) is 4.68 Å². The molecule has 0 spiro atoms. The van der Waals surface area contributed by atoms with Crippen molar-refractivity contribution in [1.82, 2.24) is 24.5 Å². The molecule has 192 valence electrons. The number of hydrogen-bond donors (Lipinski definition) is 0. The first-order valence-corrected chi connectivity index (χ1v) is 12.4. The highest BCUT2D eigenvalue weighted by Gasteiger charge is 2.34. The van der Waals surface area contributed by atoms with E-state index in [-0.39, 0.29) is 18.1 Å². The Bertz CT molecular complexity index is 1510. The summed E-state index contributed by atoms with van der Waals surface area (Å²) in [5, 5.41) is 10.0. The van der Waals surface area contributed by atoms with Crippen LogP contribution in [0.1, 0.15) is 42.4 Å². The summed E-state index contributed by atoms with van der Waals surface area (Å²) < 4.78 is 15.4. The normalized spacial score (nSPS) is 12.5. The van der Waals surface area contributed by atoms with Crippen LogP contribution in [0.25, 0.3) is 28.2 Å². The molecule has 5 rings (SSSR count). The summed E-state index contributed by atoms with van der Waals surface area (Å²) in [6, 6.07) is 11.5. The van der Waals surface area contributed by atoms with Gasteiger partial charge in [-0.1, -0.05) is 11.6 Å². The number of nitrogens with zero attached hydrogens (tertiary/aromatic N) is 5. The van der Waals surface area contributed by atoms with Gasteiger partial charge in [-0.05, 0) is 63.6 Å². The van der Waals surface area contributed by atoms with Crippen LogP contribution in [-0.4, -0.2) is 50.1 Å². The molecule has 0 unspecified atom stereocenters. The number of carbonyl (C=O) groups excluding carboxylic acids is 1. The lowest BCUT2D eigenvalue weighted by Crippen LogP contribution is -2.43. The molecule has 4 aromatic rings. The van der Waals surface area contributed by atoms with Gasteiger partial charge in [0.2, 0.25) is 0 Å². The lowest BCUT2D eigenvalue weighted by molar-refractivity contribution is 0.0646. The number of halogens is 1. The molecule has 0 fully saturated rings. The van der Waals surface area contributed by atoms with Crippen LogP contribution in [0, 0.1) is 6.92 Å². The van der Waals surface area contributed by atoms with E-state index < -0.39 is 0 Å². The maximum atomic E-state index is 13.7. The molecule has 1 aliphatic rings. The number of rotatable bonds is 4. The Hall–Kier alpha value is -3.78. The third-order valence-electron chi connectivity index (χ3n) is 6.69. The second kappa shape index (κ2) is 8.95. The molecule has 0 radical (unpaired) electrons. The maximum absolute atomic E-state index is 13.7. The smallest absolute Gasteiger partial charge is 0.274 e. The molecule has 0 atom stereocenters. The van der Waals surface area contributed by atoms with Gasteiger partial charge in [-0.2, -0.15) is 10.2 Å². The third-order valence-corrected chi connectivity index (χ3v) is 6.91. The predicted molar refractivity (Wildman–Crippen MR) is 144 cm³/mol. The summed E-state index contributed by atoms with van der Waals surface area (Å²) >= 11 is 6.44. The van der Waals surface area contributed by atoms with Crippen LogP contribution in [0.15, 0.2) is 42.6 Å². The second-order valence-corrected chi connectivity index (χ2v) is 10.8. The standard InChI is InChI=1S/C28H30ClN5O3/c1-16-10-17(29)12-18(11-16)34-26-20-13-19(22-8-9-32(5)30-22)23(36-7)14-24(20)37-15-21(26)25(31-34)27(35)33(6)28(2,3)4/h8-14H,15H2,1-7H3. The number of fused-ring (bicyclic) bond motifs is 3. The van der Waals surface area contributed by atoms with E-state index in [2.05, 4.69) is 5.10 Å². The van der Waals surface area contributed by atoms with Gasteiger partial charge in [0.1, 0.15) is 18.1 Å². The van der Waals surface area contributed by atoms with Gasteiger partial charge >= 0.3 is 0 Å². The first kappa shape index (κ1) is 24.9. The number of carbonyl (C=O) groups is 1. The van der Waals surface area contributed by atoms with E-state index in [1.165, 1.54) is 0 Å². The molecule has 37 heavy (non-hydrogen) atoms. The van der Waals surface area contributed by atoms with E-state index in [9.17, 15) is 4.79 Å². The fraction of sp³-hybridized carbons (Fsp3) is 0.321. The highest BCUT2D eigenvalue weighted by atomic mass is 35.5. The van der Waals surface area contributed by atoms with Gasteiger partial charge in [0.25, 0.3) is 5.91 Å². The van der Waals surface area contributed by atoms with E-state index in [0.29, 0.717) is 22.2 Å². The van der Waals surface area contributed by atoms with E-state index >= 15 is 0 Å². The third kappa shape index (κ3) is 4.35. The minimum Gasteiger partial charge on any atom is -0.496 e. The summed E-state index contributed by atoms with van der Waals surface area (Å²) in [6.07, 6.45) is 1.88. The summed E-state index contributed by atoms with van der Waals surface area (Å²) in [5.74, 6) is 1.12. The number of aromatic nitrogens is 4. The number of hydrogen-bond acceptors (Lipinski definition) is 5. The highest BCUT2D eigenvalue weighted by Crippen LogP contribution is 2.46. The molecule has 8 nitrogen and oxygen atoms in total. The van der Waals surface area contributed by atoms with Crippen molar-refractivity contribution in [3.05, 3.63) is 64.4 Å². The summed E-state index contributed by atoms with van der Waals surface area (Å²) in [6.45, 7) is 8.16. The molecule has 3 heterocycles. The largest absolute Gasteiger partial charge is 0.496 e. The van der Waals surface area contributed by atoms with Gasteiger partial charge < -0.3 is 14.4 Å². The summed E-state index contributed by atoms with van der Waals surface area (Å²) in [7, 11) is 5.29. The summed E-state index contributed by atoms with van der Waals surface area (Å²) in [4.78, 5) is 15.4. The number of benzene rings is 2. The van der Waals surface area contributed by atoms with Crippen molar-refractivity contribution in [3.8, 4) is 39.7 Å². The van der Waals surface area contributed by atoms with Crippen molar-refractivity contribution in [2.24, 2.45) is 7.05 Å². The average Bonchev–Trinajstić information content (AvgIpc) is 3.45. The average molecular weight is 520 g/mol. The first-order chi connectivity index (χ1) is 17.5. The van der Waals surface area contributed by atoms with Crippen molar-refractivity contribution in [2.75, 3.05) is 14.2 Å². The van der Waals surface area contributed by atoms with Gasteiger partial charge in [-0.3, -0.25) is 9.48 Å². The maximum Gasteiger partial charge on any atom is 0.274 e. The zero-order valence-electron chi connectivity index (χ0n) is 22.1. The molecule has 0 N–H and O–H groups in total. The lowest BCUT2D eigenvalue weighted by atomic mass is 9.97. The van der Waals surface area contributed by atoms with Crippen molar-refractivity contribution >= 4 is 17.5 Å². The molecule has 1 amide bonds. The Morgan fingerprint density at radius 3 is 2.51 bits per heavy atom. The topological polar surface area (TPSA) is 74.4 Å². The zero-order valence-corrected chi connectivity index (χ0v) is 22.8. The number of methoxy groups -OCH3 is 1. The van der Waals surface area contributed by atoms with Gasteiger partial charge in [0.15, 0.2) is 5.69 Å². The lowest BCUT2D eigenvalue weighted by Gasteiger charge is -2.31. The Labute approximate surface area is 221 Å². The summed E-state index contributed by atoms with van der Waals surface area (Å²) in [5.41, 5.74) is 5.61. The Morgan fingerprint density at radius 1 is 1.14 bits per heavy atom. The molecule has 0 aliphatic carbocycles. The Balaban J connectivity index is 1.79. The molecule has 0 saturated carbocycles. The minimum atomic E-state index is -0.382. The molecular formula is C28H30ClN5O3. The predicted octanol–water partition coefficient (Wildman–Crippen LogP) is 5.67. The van der Waals surface area contributed by atoms with E-state index in [1.54, 1.807) is 28.4 Å². The van der Waals surface area contributed by atoms with E-state index in [4.69, 9.17) is 26.2 Å². The second-order valence-electron chi connectivity index (χ2n) is 10.3. The molecule has 0 bridgehead atoms. The van der Waals surface area contributed by atoms with Crippen molar-refractivity contribution in [2.45, 2.75) is 39.8 Å². The molecule has 9 heteroatoms. The van der Waals surface area contributed by atoms with Crippen LogP contribution in [0.4, 0.5) is 0 Å². The van der Waals surface area contributed by atoms with Crippen LogP contribution in [0.2, 0.25) is 5.02 Å². The van der Waals surface area contributed by atoms with Gasteiger partial charge in [0.05, 0.1) is 24.2 Å². The monoisotopic (exact) mass is 519 g/mol. The molecule has 0 saturated heterocycles. The number of amides is 1. The highest BCUT2D eigenvalue weighted by molar-refractivity contribution is 6.30. The van der Waals surface area contributed by atoms with E-state index in [0.717, 1.165) is 39.3 Å². The minimum absolute atomic E-state index is 0.174. The van der Waals surface area contributed by atoms with Crippen molar-refractivity contribution < 1.29 is 14.3 Å². The van der Waals surface area contributed by atoms with Crippen LogP contribution in [-0.2, 0) is 13.7 Å². The van der Waals surface area contributed by atoms with E-state index in [1.807, 2.05) is 77.3 Å². The van der Waals surface area contributed by atoms with Crippen molar-refractivity contribution in [1.29, 1.82) is 0 Å². The number of aryl methyl sites for hydroxylation is 2. The molecule has 2 aromatic heterocycles. The SMILES string of the molecule is COc1cc2c(cc1-c1ccn(C)n1)-c1c(c(C(=O)N(C)C(C)(C)C)nn1-c1cc(C)cc(Cl)c1)CO2. The fourth-order valence-corrected chi connectivity index (χ4v) is 4.75. The number of ether oxygens (including phenoxy) is 2. The van der Waals surface area contributed by atoms with Crippen LogP contribution < -0.4 is 9.47 Å². The van der Waals surface area contributed by atoms with Gasteiger partial charge in [-0.15, -0.1) is 0 Å². The fourth-order valence-electron chi connectivity index (χ4n) is 4.47. The molecule has 1 aliphatic heterocycles. The molecular weight excluding hydrogens is 490 g/mol. The molecule has 2 aromatic carbocycles. The zero-order chi connectivity index (χ0) is 26.6. The Kier molecular flexibility index (Phi) is 6.02. The Morgan fingerprint density at radius 2 is 1.89 bits per heavy atom. The quantitative estimate of drug-likeness (QED) is 0.347. The van der Waals surface area contributed by atoms with Crippen molar-refractivity contribution in [3.63, 3.8) is 0 Å². The van der Waals surface area contributed by atoms with Crippen LogP contribution in [0.5, 0.6) is 11.5 Å². The first-order valence-electron chi connectivity index (χ1n) is 12.0. The van der Waals surface area contributed by atoms with Crippen LogP contribution in [0.3, 0.4) is 0 Å².